The molecule has 5 nitrogen and oxygen atoms in total. The summed E-state index contributed by atoms with van der Waals surface area (Å²) < 4.78 is 5.06. The van der Waals surface area contributed by atoms with Gasteiger partial charge in [-0.3, -0.25) is 0 Å². The number of rotatable bonds is 7. The van der Waals surface area contributed by atoms with Gasteiger partial charge in [-0.05, 0) is 12.8 Å². The Morgan fingerprint density at radius 2 is 2.09 bits per heavy atom. The highest BCUT2D eigenvalue weighted by Gasteiger charge is 1.93. The van der Waals surface area contributed by atoms with Gasteiger partial charge in [0.25, 0.3) is 5.09 Å². The van der Waals surface area contributed by atoms with Crippen LogP contribution in [0.25, 0.3) is 0 Å². The molecule has 0 aliphatic carbocycles. The first kappa shape index (κ1) is 10.2. The van der Waals surface area contributed by atoms with E-state index in [0.717, 1.165) is 6.42 Å². The minimum absolute atomic E-state index is 0.122. The average Bonchev–Trinajstić information content (AvgIpc) is 1.96. The van der Waals surface area contributed by atoms with Gasteiger partial charge in [-0.15, -0.1) is 10.1 Å². The molecule has 0 aromatic heterocycles. The lowest BCUT2D eigenvalue weighted by molar-refractivity contribution is -0.757. The molecule has 0 radical (unpaired) electrons. The van der Waals surface area contributed by atoms with Crippen molar-refractivity contribution in [2.75, 3.05) is 19.8 Å². The third kappa shape index (κ3) is 9.16. The highest BCUT2D eigenvalue weighted by atomic mass is 16.9. The van der Waals surface area contributed by atoms with E-state index in [4.69, 9.17) is 4.74 Å². The number of ether oxygens (including phenoxy) is 1. The molecule has 0 saturated heterocycles. The first-order valence-corrected chi connectivity index (χ1v) is 3.62. The lowest BCUT2D eigenvalue weighted by Crippen LogP contribution is -2.05. The van der Waals surface area contributed by atoms with Crippen molar-refractivity contribution < 1.29 is 14.7 Å². The van der Waals surface area contributed by atoms with Crippen LogP contribution in [0.2, 0.25) is 0 Å². The van der Waals surface area contributed by atoms with Crippen molar-refractivity contribution in [3.8, 4) is 0 Å². The predicted octanol–water partition coefficient (Wildman–Crippen LogP) is 1.01. The summed E-state index contributed by atoms with van der Waals surface area (Å²) in [4.78, 5) is 13.7. The average molecular weight is 163 g/mol. The van der Waals surface area contributed by atoms with E-state index in [0.29, 0.717) is 19.6 Å². The van der Waals surface area contributed by atoms with Crippen molar-refractivity contribution in [3.63, 3.8) is 0 Å². The summed E-state index contributed by atoms with van der Waals surface area (Å²) in [5.41, 5.74) is 0. The van der Waals surface area contributed by atoms with Gasteiger partial charge < -0.3 is 9.57 Å². The van der Waals surface area contributed by atoms with E-state index >= 15 is 0 Å². The molecule has 0 N–H and O–H groups in total. The van der Waals surface area contributed by atoms with Crippen LogP contribution in [-0.2, 0) is 9.57 Å². The Bertz CT molecular complexity index is 107. The van der Waals surface area contributed by atoms with E-state index < -0.39 is 5.09 Å². The predicted molar refractivity (Wildman–Crippen MR) is 38.7 cm³/mol. The summed E-state index contributed by atoms with van der Waals surface area (Å²) in [6.07, 6.45) is 1.54. The van der Waals surface area contributed by atoms with Crippen LogP contribution in [0.1, 0.15) is 19.8 Å². The second-order valence-electron chi connectivity index (χ2n) is 2.02. The van der Waals surface area contributed by atoms with Crippen molar-refractivity contribution >= 4 is 0 Å². The molecule has 0 unspecified atom stereocenters. The molecule has 0 bridgehead atoms. The van der Waals surface area contributed by atoms with Gasteiger partial charge in [-0.25, -0.2) is 0 Å². The number of hydrogen-bond acceptors (Lipinski definition) is 4. The minimum Gasteiger partial charge on any atom is -0.381 e. The van der Waals surface area contributed by atoms with E-state index in [1.165, 1.54) is 0 Å². The zero-order valence-corrected chi connectivity index (χ0v) is 6.62. The largest absolute Gasteiger partial charge is 0.381 e. The van der Waals surface area contributed by atoms with Gasteiger partial charge >= 0.3 is 0 Å². The smallest absolute Gasteiger partial charge is 0.294 e. The summed E-state index contributed by atoms with van der Waals surface area (Å²) in [5, 5.41) is 8.84. The second-order valence-corrected chi connectivity index (χ2v) is 2.02. The molecule has 0 saturated carbocycles. The topological polar surface area (TPSA) is 61.6 Å². The molecule has 0 aromatic carbocycles. The van der Waals surface area contributed by atoms with Crippen molar-refractivity contribution in [3.05, 3.63) is 10.1 Å². The quantitative estimate of drug-likeness (QED) is 0.319. The molecule has 0 atom stereocenters. The van der Waals surface area contributed by atoms with E-state index in [1.54, 1.807) is 0 Å². The van der Waals surface area contributed by atoms with Crippen LogP contribution in [-0.4, -0.2) is 24.9 Å². The summed E-state index contributed by atoms with van der Waals surface area (Å²) in [7, 11) is 0. The SMILES string of the molecule is CCCOCCCO[N+](=O)[O-]. The van der Waals surface area contributed by atoms with E-state index in [2.05, 4.69) is 4.84 Å². The monoisotopic (exact) mass is 163 g/mol. The van der Waals surface area contributed by atoms with E-state index in [1.807, 2.05) is 6.92 Å². The lowest BCUT2D eigenvalue weighted by Gasteiger charge is -2.00. The molecule has 0 spiro atoms. The fourth-order valence-corrected chi connectivity index (χ4v) is 0.546. The first-order chi connectivity index (χ1) is 5.27. The summed E-state index contributed by atoms with van der Waals surface area (Å²) in [6.45, 7) is 3.37. The van der Waals surface area contributed by atoms with Gasteiger partial charge in [0, 0.05) is 13.2 Å². The van der Waals surface area contributed by atoms with Gasteiger partial charge in [-0.1, -0.05) is 6.92 Å². The highest BCUT2D eigenvalue weighted by Crippen LogP contribution is 1.86. The fourth-order valence-electron chi connectivity index (χ4n) is 0.546. The molecule has 0 aliphatic rings. The Kier molecular flexibility index (Phi) is 6.71. The van der Waals surface area contributed by atoms with Crippen LogP contribution in [0.5, 0.6) is 0 Å². The molecule has 11 heavy (non-hydrogen) atoms. The van der Waals surface area contributed by atoms with Gasteiger partial charge in [0.1, 0.15) is 0 Å². The Morgan fingerprint density at radius 1 is 1.36 bits per heavy atom. The Labute approximate surface area is 65.4 Å². The maximum atomic E-state index is 9.63. The Balaban J connectivity index is 2.85. The molecular weight excluding hydrogens is 150 g/mol. The van der Waals surface area contributed by atoms with Crippen LogP contribution in [0.3, 0.4) is 0 Å². The fraction of sp³-hybridized carbons (Fsp3) is 1.00. The minimum atomic E-state index is -0.792. The zero-order chi connectivity index (χ0) is 8.53. The molecular formula is C6H13NO4. The second kappa shape index (κ2) is 7.27. The van der Waals surface area contributed by atoms with Crippen molar-refractivity contribution in [1.29, 1.82) is 0 Å². The standard InChI is InChI=1S/C6H13NO4/c1-2-4-10-5-3-6-11-7(8)9/h2-6H2,1H3. The molecule has 0 fully saturated rings. The van der Waals surface area contributed by atoms with Gasteiger partial charge in [0.15, 0.2) is 0 Å². The van der Waals surface area contributed by atoms with Crippen LogP contribution in [0, 0.1) is 10.1 Å². The Morgan fingerprint density at radius 3 is 2.64 bits per heavy atom. The van der Waals surface area contributed by atoms with Crippen LogP contribution in [0.4, 0.5) is 0 Å². The van der Waals surface area contributed by atoms with Crippen molar-refractivity contribution in [2.45, 2.75) is 19.8 Å². The molecule has 0 rings (SSSR count). The zero-order valence-electron chi connectivity index (χ0n) is 6.62. The van der Waals surface area contributed by atoms with Gasteiger partial charge in [0.05, 0.1) is 6.61 Å². The van der Waals surface area contributed by atoms with Crippen LogP contribution >= 0.6 is 0 Å². The summed E-state index contributed by atoms with van der Waals surface area (Å²) in [6, 6.07) is 0. The maximum Gasteiger partial charge on any atom is 0.294 e. The number of nitrogens with zero attached hydrogens (tertiary/aromatic N) is 1. The first-order valence-electron chi connectivity index (χ1n) is 3.62. The van der Waals surface area contributed by atoms with Gasteiger partial charge in [0.2, 0.25) is 0 Å². The molecule has 0 amide bonds. The molecule has 0 heterocycles. The third-order valence-corrected chi connectivity index (χ3v) is 0.978. The lowest BCUT2D eigenvalue weighted by atomic mass is 10.5. The highest BCUT2D eigenvalue weighted by molar-refractivity contribution is 4.31. The summed E-state index contributed by atoms with van der Waals surface area (Å²) in [5.74, 6) is 0. The maximum absolute atomic E-state index is 9.63. The van der Waals surface area contributed by atoms with Crippen LogP contribution in [0.15, 0.2) is 0 Å². The molecule has 66 valence electrons. The third-order valence-electron chi connectivity index (χ3n) is 0.978. The van der Waals surface area contributed by atoms with Crippen molar-refractivity contribution in [1.82, 2.24) is 0 Å². The Hall–Kier alpha value is -0.840. The van der Waals surface area contributed by atoms with Crippen molar-refractivity contribution in [2.24, 2.45) is 0 Å². The number of hydrogen-bond donors (Lipinski definition) is 0. The van der Waals surface area contributed by atoms with Crippen LogP contribution < -0.4 is 0 Å². The molecule has 5 heteroatoms. The normalized spacial score (nSPS) is 9.55. The van der Waals surface area contributed by atoms with Gasteiger partial charge in [-0.2, -0.15) is 0 Å². The van der Waals surface area contributed by atoms with E-state index in [-0.39, 0.29) is 6.61 Å². The molecule has 0 aromatic rings. The van der Waals surface area contributed by atoms with E-state index in [9.17, 15) is 10.1 Å². The molecule has 0 aliphatic heterocycles. The summed E-state index contributed by atoms with van der Waals surface area (Å²) >= 11 is 0.